The summed E-state index contributed by atoms with van der Waals surface area (Å²) in [7, 11) is 2.57. The second-order valence-corrected chi connectivity index (χ2v) is 5.24. The van der Waals surface area contributed by atoms with Crippen LogP contribution in [0.1, 0.15) is 5.82 Å². The number of nitrogens with zero attached hydrogens (tertiary/aromatic N) is 3. The highest BCUT2D eigenvalue weighted by Gasteiger charge is 2.36. The van der Waals surface area contributed by atoms with E-state index in [1.54, 1.807) is 0 Å². The first-order chi connectivity index (χ1) is 12.6. The number of hydrogen-bond acceptors (Lipinski definition) is 7. The number of carbonyl (C=O) groups is 2. The number of aromatic nitrogens is 2. The van der Waals surface area contributed by atoms with Gasteiger partial charge in [-0.3, -0.25) is 9.59 Å². The van der Waals surface area contributed by atoms with E-state index in [0.29, 0.717) is 4.90 Å². The molecule has 2 N–H and O–H groups in total. The molecular weight excluding hydrogens is 375 g/mol. The highest BCUT2D eigenvalue weighted by Crippen LogP contribution is 2.37. The summed E-state index contributed by atoms with van der Waals surface area (Å²) < 4.78 is 49.7. The smallest absolute Gasteiger partial charge is 0.451 e. The van der Waals surface area contributed by atoms with Crippen molar-refractivity contribution in [2.24, 2.45) is 0 Å². The Balaban J connectivity index is 2.83. The van der Waals surface area contributed by atoms with E-state index < -0.39 is 42.8 Å². The van der Waals surface area contributed by atoms with Gasteiger partial charge in [0, 0.05) is 11.5 Å². The molecule has 9 nitrogen and oxygen atoms in total. The lowest BCUT2D eigenvalue weighted by Crippen LogP contribution is -2.35. The number of anilines is 1. The molecule has 0 atom stereocenters. The van der Waals surface area contributed by atoms with Gasteiger partial charge in [-0.15, -0.1) is 0 Å². The second-order valence-electron chi connectivity index (χ2n) is 5.24. The Morgan fingerprint density at radius 2 is 1.56 bits per heavy atom. The monoisotopic (exact) mass is 389 g/mol. The van der Waals surface area contributed by atoms with Gasteiger partial charge in [0.1, 0.15) is 18.9 Å². The Morgan fingerprint density at radius 1 is 1.04 bits per heavy atom. The number of ether oxygens (including phenoxy) is 2. The molecule has 0 aliphatic carbocycles. The van der Waals surface area contributed by atoms with Crippen LogP contribution >= 0.6 is 0 Å². The Morgan fingerprint density at radius 3 is 2.00 bits per heavy atom. The maximum Gasteiger partial charge on any atom is 0.451 e. The summed E-state index contributed by atoms with van der Waals surface area (Å²) >= 11 is 0. The zero-order valence-corrected chi connectivity index (χ0v) is 14.1. The van der Waals surface area contributed by atoms with Crippen molar-refractivity contribution in [2.45, 2.75) is 6.18 Å². The van der Waals surface area contributed by atoms with Crippen LogP contribution in [0.15, 0.2) is 12.1 Å². The van der Waals surface area contributed by atoms with Crippen LogP contribution in [0.25, 0.3) is 10.9 Å². The van der Waals surface area contributed by atoms with Crippen molar-refractivity contribution in [3.8, 4) is 11.5 Å². The summed E-state index contributed by atoms with van der Waals surface area (Å²) in [6, 6.07) is 2.41. The summed E-state index contributed by atoms with van der Waals surface area (Å²) in [5, 5.41) is 18.0. The molecule has 0 fully saturated rings. The Hall–Kier alpha value is -3.31. The molecule has 12 heteroatoms. The molecule has 146 valence electrons. The van der Waals surface area contributed by atoms with Crippen LogP contribution < -0.4 is 14.4 Å². The number of carboxylic acid groups (broad SMARTS) is 2. The SMILES string of the molecule is COc1cc2nc(C(F)(F)F)nc(N(CC(=O)O)CC(=O)O)c2cc1OC. The van der Waals surface area contributed by atoms with Crippen LogP contribution in [0, 0.1) is 0 Å². The van der Waals surface area contributed by atoms with E-state index in [-0.39, 0.29) is 22.4 Å². The fourth-order valence-electron chi connectivity index (χ4n) is 2.34. The molecule has 0 unspecified atom stereocenters. The first kappa shape index (κ1) is 20.0. The predicted octanol–water partition coefficient (Wildman–Crippen LogP) is 1.64. The predicted molar refractivity (Wildman–Crippen MR) is 85.1 cm³/mol. The number of methoxy groups -OCH3 is 2. The van der Waals surface area contributed by atoms with Gasteiger partial charge in [-0.2, -0.15) is 13.2 Å². The molecule has 1 heterocycles. The Bertz CT molecular complexity index is 871. The number of rotatable bonds is 7. The third-order valence-corrected chi connectivity index (χ3v) is 3.39. The Kier molecular flexibility index (Phi) is 5.57. The van der Waals surface area contributed by atoms with E-state index in [1.165, 1.54) is 20.3 Å². The van der Waals surface area contributed by atoms with E-state index in [2.05, 4.69) is 9.97 Å². The van der Waals surface area contributed by atoms with E-state index >= 15 is 0 Å². The minimum atomic E-state index is -4.94. The average Bonchev–Trinajstić information content (AvgIpc) is 2.57. The average molecular weight is 389 g/mol. The zero-order valence-electron chi connectivity index (χ0n) is 14.1. The van der Waals surface area contributed by atoms with Gasteiger partial charge in [0.05, 0.1) is 19.7 Å². The number of halogens is 3. The molecule has 0 amide bonds. The van der Waals surface area contributed by atoms with Gasteiger partial charge in [-0.05, 0) is 6.07 Å². The summed E-state index contributed by atoms with van der Waals surface area (Å²) in [6.07, 6.45) is -4.94. The first-order valence-electron chi connectivity index (χ1n) is 7.26. The van der Waals surface area contributed by atoms with Gasteiger partial charge in [0.25, 0.3) is 0 Å². The second kappa shape index (κ2) is 7.51. The van der Waals surface area contributed by atoms with E-state index in [0.717, 1.165) is 6.07 Å². The molecule has 1 aromatic heterocycles. The molecule has 1 aromatic carbocycles. The fourth-order valence-corrected chi connectivity index (χ4v) is 2.34. The van der Waals surface area contributed by atoms with Crippen LogP contribution in [0.4, 0.5) is 19.0 Å². The normalized spacial score (nSPS) is 11.3. The molecule has 0 spiro atoms. The molecule has 0 saturated carbocycles. The molecule has 0 saturated heterocycles. The number of hydrogen-bond donors (Lipinski definition) is 2. The van der Waals surface area contributed by atoms with Crippen molar-refractivity contribution in [1.29, 1.82) is 0 Å². The van der Waals surface area contributed by atoms with Gasteiger partial charge >= 0.3 is 18.1 Å². The van der Waals surface area contributed by atoms with Gasteiger partial charge in [0.2, 0.25) is 5.82 Å². The van der Waals surface area contributed by atoms with Crippen LogP contribution in [-0.2, 0) is 15.8 Å². The van der Waals surface area contributed by atoms with E-state index in [9.17, 15) is 22.8 Å². The van der Waals surface area contributed by atoms with Crippen LogP contribution in [0.5, 0.6) is 11.5 Å². The summed E-state index contributed by atoms with van der Waals surface area (Å²) in [4.78, 5) is 29.6. The Labute approximate surface area is 150 Å². The lowest BCUT2D eigenvalue weighted by atomic mass is 10.2. The number of alkyl halides is 3. The highest BCUT2D eigenvalue weighted by molar-refractivity contribution is 5.94. The molecular formula is C15H14F3N3O6. The maximum atomic E-state index is 13.2. The van der Waals surface area contributed by atoms with Crippen molar-refractivity contribution in [3.63, 3.8) is 0 Å². The van der Waals surface area contributed by atoms with Gasteiger partial charge in [0.15, 0.2) is 11.5 Å². The highest BCUT2D eigenvalue weighted by atomic mass is 19.4. The van der Waals surface area contributed by atoms with Crippen molar-refractivity contribution < 1.29 is 42.4 Å². The minimum absolute atomic E-state index is 0.0249. The first-order valence-corrected chi connectivity index (χ1v) is 7.26. The standard InChI is InChI=1S/C15H14F3N3O6/c1-26-9-3-7-8(4-10(9)27-2)19-14(15(16,17)18)20-13(7)21(5-11(22)23)6-12(24)25/h3-4H,5-6H2,1-2H3,(H,22,23)(H,24,25). The fraction of sp³-hybridized carbons (Fsp3) is 0.333. The van der Waals surface area contributed by atoms with Crippen molar-refractivity contribution in [2.75, 3.05) is 32.2 Å². The van der Waals surface area contributed by atoms with Crippen LogP contribution in [0.2, 0.25) is 0 Å². The summed E-state index contributed by atoms with van der Waals surface area (Å²) in [5.41, 5.74) is -0.217. The van der Waals surface area contributed by atoms with Crippen LogP contribution in [-0.4, -0.2) is 59.4 Å². The summed E-state index contributed by atoms with van der Waals surface area (Å²) in [6.45, 7) is -1.77. The molecule has 0 bridgehead atoms. The number of benzene rings is 1. The summed E-state index contributed by atoms with van der Waals surface area (Å²) in [5.74, 6) is -4.73. The van der Waals surface area contributed by atoms with Crippen molar-refractivity contribution in [1.82, 2.24) is 9.97 Å². The molecule has 2 aromatic rings. The van der Waals surface area contributed by atoms with Crippen molar-refractivity contribution >= 4 is 28.7 Å². The minimum Gasteiger partial charge on any atom is -0.493 e. The molecule has 2 rings (SSSR count). The lowest BCUT2D eigenvalue weighted by molar-refractivity contribution is -0.144. The number of aliphatic carboxylic acids is 2. The zero-order chi connectivity index (χ0) is 20.4. The van der Waals surface area contributed by atoms with Crippen LogP contribution in [0.3, 0.4) is 0 Å². The third-order valence-electron chi connectivity index (χ3n) is 3.39. The molecule has 0 aliphatic heterocycles. The van der Waals surface area contributed by atoms with Gasteiger partial charge < -0.3 is 24.6 Å². The van der Waals surface area contributed by atoms with Gasteiger partial charge in [-0.25, -0.2) is 9.97 Å². The van der Waals surface area contributed by atoms with E-state index in [4.69, 9.17) is 19.7 Å². The third kappa shape index (κ3) is 4.46. The topological polar surface area (TPSA) is 122 Å². The molecule has 0 aliphatic rings. The quantitative estimate of drug-likeness (QED) is 0.728. The molecule has 0 radical (unpaired) electrons. The van der Waals surface area contributed by atoms with E-state index in [1.807, 2.05) is 0 Å². The van der Waals surface area contributed by atoms with Gasteiger partial charge in [-0.1, -0.05) is 0 Å². The number of carboxylic acids is 2. The van der Waals surface area contributed by atoms with Crippen molar-refractivity contribution in [3.05, 3.63) is 18.0 Å². The number of fused-ring (bicyclic) bond motifs is 1. The molecule has 27 heavy (non-hydrogen) atoms. The maximum absolute atomic E-state index is 13.2. The largest absolute Gasteiger partial charge is 0.493 e. The lowest BCUT2D eigenvalue weighted by Gasteiger charge is -2.22.